The summed E-state index contributed by atoms with van der Waals surface area (Å²) in [7, 11) is 0. The summed E-state index contributed by atoms with van der Waals surface area (Å²) in [6, 6.07) is 8.79. The van der Waals surface area contributed by atoms with Gasteiger partial charge in [-0.3, -0.25) is 4.79 Å². The SMILES string of the molecule is O=C(c1cccs1)N1CCCC(OCc2cccc(C(F)(F)F)c2)C1. The molecule has 3 rings (SSSR count). The van der Waals surface area contributed by atoms with Crippen LogP contribution in [0.25, 0.3) is 0 Å². The molecule has 2 aromatic rings. The van der Waals surface area contributed by atoms with Gasteiger partial charge in [0.15, 0.2) is 0 Å². The Morgan fingerprint density at radius 2 is 2.12 bits per heavy atom. The van der Waals surface area contributed by atoms with E-state index in [0.717, 1.165) is 25.0 Å². The maximum absolute atomic E-state index is 12.8. The van der Waals surface area contributed by atoms with Gasteiger partial charge in [0, 0.05) is 13.1 Å². The van der Waals surface area contributed by atoms with Crippen molar-refractivity contribution in [3.8, 4) is 0 Å². The normalized spacial score (nSPS) is 18.4. The number of likely N-dealkylation sites (tertiary alicyclic amines) is 1. The van der Waals surface area contributed by atoms with Gasteiger partial charge in [-0.15, -0.1) is 11.3 Å². The number of carbonyl (C=O) groups excluding carboxylic acids is 1. The maximum Gasteiger partial charge on any atom is 0.416 e. The third kappa shape index (κ3) is 4.61. The molecule has 25 heavy (non-hydrogen) atoms. The minimum atomic E-state index is -4.36. The molecule has 7 heteroatoms. The summed E-state index contributed by atoms with van der Waals surface area (Å²) in [5, 5.41) is 1.86. The zero-order chi connectivity index (χ0) is 17.9. The van der Waals surface area contributed by atoms with Gasteiger partial charge in [0.1, 0.15) is 0 Å². The van der Waals surface area contributed by atoms with E-state index >= 15 is 0 Å². The quantitative estimate of drug-likeness (QED) is 0.789. The standard InChI is InChI=1S/C18H18F3NO2S/c19-18(20,21)14-5-1-4-13(10-14)12-24-15-6-2-8-22(11-15)17(23)16-7-3-9-25-16/h1,3-5,7,9-10,15H,2,6,8,11-12H2. The van der Waals surface area contributed by atoms with E-state index in [4.69, 9.17) is 4.74 Å². The Hall–Kier alpha value is -1.86. The number of benzene rings is 1. The molecule has 134 valence electrons. The van der Waals surface area contributed by atoms with Gasteiger partial charge in [-0.2, -0.15) is 13.2 Å². The molecule has 0 spiro atoms. The second-order valence-corrected chi connectivity index (χ2v) is 6.95. The highest BCUT2D eigenvalue weighted by Gasteiger charge is 2.30. The summed E-state index contributed by atoms with van der Waals surface area (Å²) in [5.41, 5.74) is -0.191. The molecular formula is C18H18F3NO2S. The second kappa shape index (κ2) is 7.58. The molecule has 1 aliphatic heterocycles. The number of thiophene rings is 1. The van der Waals surface area contributed by atoms with Crippen molar-refractivity contribution in [3.05, 3.63) is 57.8 Å². The van der Waals surface area contributed by atoms with Crippen LogP contribution in [0.5, 0.6) is 0 Å². The van der Waals surface area contributed by atoms with Gasteiger partial charge in [-0.25, -0.2) is 0 Å². The van der Waals surface area contributed by atoms with Crippen LogP contribution in [-0.2, 0) is 17.5 Å². The van der Waals surface area contributed by atoms with Gasteiger partial charge in [0.05, 0.1) is 23.2 Å². The van der Waals surface area contributed by atoms with Gasteiger partial charge >= 0.3 is 6.18 Å². The Labute approximate surface area is 148 Å². The van der Waals surface area contributed by atoms with E-state index in [9.17, 15) is 18.0 Å². The first-order valence-corrected chi connectivity index (χ1v) is 8.92. The first-order chi connectivity index (χ1) is 11.9. The second-order valence-electron chi connectivity index (χ2n) is 6.00. The topological polar surface area (TPSA) is 29.5 Å². The lowest BCUT2D eigenvalue weighted by Crippen LogP contribution is -2.42. The van der Waals surface area contributed by atoms with E-state index in [0.29, 0.717) is 23.5 Å². The van der Waals surface area contributed by atoms with Crippen LogP contribution in [0.15, 0.2) is 41.8 Å². The highest BCUT2D eigenvalue weighted by atomic mass is 32.1. The number of nitrogens with zero attached hydrogens (tertiary/aromatic N) is 1. The molecule has 1 unspecified atom stereocenters. The molecule has 1 aromatic carbocycles. The van der Waals surface area contributed by atoms with Crippen molar-refractivity contribution in [2.45, 2.75) is 31.7 Å². The fraction of sp³-hybridized carbons (Fsp3) is 0.389. The molecule has 1 saturated heterocycles. The number of piperidine rings is 1. The molecule has 0 saturated carbocycles. The van der Waals surface area contributed by atoms with E-state index in [-0.39, 0.29) is 18.6 Å². The molecule has 1 aliphatic rings. The molecule has 0 radical (unpaired) electrons. The van der Waals surface area contributed by atoms with Crippen LogP contribution in [0.1, 0.15) is 33.6 Å². The summed E-state index contributed by atoms with van der Waals surface area (Å²) >= 11 is 1.40. The number of alkyl halides is 3. The fourth-order valence-electron chi connectivity index (χ4n) is 2.87. The highest BCUT2D eigenvalue weighted by Crippen LogP contribution is 2.30. The lowest BCUT2D eigenvalue weighted by molar-refractivity contribution is -0.137. The van der Waals surface area contributed by atoms with Crippen LogP contribution < -0.4 is 0 Å². The van der Waals surface area contributed by atoms with Crippen molar-refractivity contribution >= 4 is 17.2 Å². The smallest absolute Gasteiger partial charge is 0.372 e. The summed E-state index contributed by atoms with van der Waals surface area (Å²) in [5.74, 6) is -0.0117. The minimum absolute atomic E-state index is 0.0117. The number of hydrogen-bond donors (Lipinski definition) is 0. The van der Waals surface area contributed by atoms with E-state index in [2.05, 4.69) is 0 Å². The molecule has 1 atom stereocenters. The Balaban J connectivity index is 1.57. The highest BCUT2D eigenvalue weighted by molar-refractivity contribution is 7.12. The van der Waals surface area contributed by atoms with Crippen LogP contribution in [0.2, 0.25) is 0 Å². The first-order valence-electron chi connectivity index (χ1n) is 8.04. The van der Waals surface area contributed by atoms with Crippen LogP contribution >= 0.6 is 11.3 Å². The average Bonchev–Trinajstić information content (AvgIpc) is 3.14. The van der Waals surface area contributed by atoms with Crippen molar-refractivity contribution in [1.29, 1.82) is 0 Å². The van der Waals surface area contributed by atoms with Gasteiger partial charge in [-0.1, -0.05) is 18.2 Å². The molecule has 0 aliphatic carbocycles. The van der Waals surface area contributed by atoms with Crippen molar-refractivity contribution in [2.75, 3.05) is 13.1 Å². The van der Waals surface area contributed by atoms with E-state index < -0.39 is 11.7 Å². The van der Waals surface area contributed by atoms with Crippen molar-refractivity contribution in [1.82, 2.24) is 4.90 Å². The summed E-state index contributed by atoms with van der Waals surface area (Å²) in [6.07, 6.45) is -2.89. The Morgan fingerprint density at radius 3 is 2.84 bits per heavy atom. The number of ether oxygens (including phenoxy) is 1. The summed E-state index contributed by atoms with van der Waals surface area (Å²) in [6.45, 7) is 1.26. The third-order valence-electron chi connectivity index (χ3n) is 4.14. The molecular weight excluding hydrogens is 351 g/mol. The number of carbonyl (C=O) groups is 1. The maximum atomic E-state index is 12.8. The monoisotopic (exact) mass is 369 g/mol. The third-order valence-corrected chi connectivity index (χ3v) is 5.00. The Kier molecular flexibility index (Phi) is 5.44. The van der Waals surface area contributed by atoms with Gasteiger partial charge < -0.3 is 9.64 Å². The number of amides is 1. The van der Waals surface area contributed by atoms with Crippen molar-refractivity contribution in [3.63, 3.8) is 0 Å². The summed E-state index contributed by atoms with van der Waals surface area (Å²) < 4.78 is 44.0. The van der Waals surface area contributed by atoms with Crippen LogP contribution in [0.3, 0.4) is 0 Å². The van der Waals surface area contributed by atoms with Gasteiger partial charge in [0.2, 0.25) is 0 Å². The largest absolute Gasteiger partial charge is 0.416 e. The van der Waals surface area contributed by atoms with Gasteiger partial charge in [-0.05, 0) is 42.0 Å². The number of rotatable bonds is 4. The van der Waals surface area contributed by atoms with Crippen molar-refractivity contribution < 1.29 is 22.7 Å². The predicted octanol–water partition coefficient (Wildman–Crippen LogP) is 4.59. The number of halogens is 3. The van der Waals surface area contributed by atoms with E-state index in [1.165, 1.54) is 17.4 Å². The average molecular weight is 369 g/mol. The van der Waals surface area contributed by atoms with E-state index in [1.807, 2.05) is 11.4 Å². The fourth-order valence-corrected chi connectivity index (χ4v) is 3.56. The zero-order valence-electron chi connectivity index (χ0n) is 13.5. The molecule has 2 heterocycles. The lowest BCUT2D eigenvalue weighted by atomic mass is 10.1. The Bertz CT molecular complexity index is 715. The Morgan fingerprint density at radius 1 is 1.28 bits per heavy atom. The van der Waals surface area contributed by atoms with Crippen LogP contribution in [0.4, 0.5) is 13.2 Å². The van der Waals surface area contributed by atoms with E-state index in [1.54, 1.807) is 17.0 Å². The minimum Gasteiger partial charge on any atom is -0.372 e. The predicted molar refractivity (Wildman–Crippen MR) is 89.5 cm³/mol. The lowest BCUT2D eigenvalue weighted by Gasteiger charge is -2.32. The number of hydrogen-bond acceptors (Lipinski definition) is 3. The summed E-state index contributed by atoms with van der Waals surface area (Å²) in [4.78, 5) is 14.8. The molecule has 0 bridgehead atoms. The van der Waals surface area contributed by atoms with Crippen molar-refractivity contribution in [2.24, 2.45) is 0 Å². The zero-order valence-corrected chi connectivity index (χ0v) is 14.3. The molecule has 1 aromatic heterocycles. The molecule has 1 fully saturated rings. The molecule has 0 N–H and O–H groups in total. The van der Waals surface area contributed by atoms with Gasteiger partial charge in [0.25, 0.3) is 5.91 Å². The molecule has 1 amide bonds. The van der Waals surface area contributed by atoms with Crippen LogP contribution in [-0.4, -0.2) is 30.0 Å². The first kappa shape index (κ1) is 17.9. The molecule has 3 nitrogen and oxygen atoms in total. The van der Waals surface area contributed by atoms with Crippen LogP contribution in [0, 0.1) is 0 Å².